The molecule has 34 heavy (non-hydrogen) atoms. The summed E-state index contributed by atoms with van der Waals surface area (Å²) >= 11 is 0. The first kappa shape index (κ1) is 21.9. The molecule has 1 aromatic carbocycles. The van der Waals surface area contributed by atoms with Crippen LogP contribution in [0.15, 0.2) is 43.0 Å². The predicted molar refractivity (Wildman–Crippen MR) is 124 cm³/mol. The fourth-order valence-corrected chi connectivity index (χ4v) is 4.85. The van der Waals surface area contributed by atoms with Gasteiger partial charge in [-0.2, -0.15) is 5.10 Å². The number of carbonyl (C=O) groups is 2. The van der Waals surface area contributed by atoms with E-state index in [1.54, 1.807) is 24.4 Å². The SMILES string of the molecule is COc1cnc(C(=O)N2CCC3(CC2)CCN(c2ccc(-c4cn[nH]c4)c(OC)c2)C3=O)cn1. The van der Waals surface area contributed by atoms with Crippen LogP contribution in [0, 0.1) is 5.41 Å². The van der Waals surface area contributed by atoms with Gasteiger partial charge in [0.05, 0.1) is 38.2 Å². The number of rotatable bonds is 5. The van der Waals surface area contributed by atoms with Crippen molar-refractivity contribution in [2.75, 3.05) is 38.8 Å². The quantitative estimate of drug-likeness (QED) is 0.620. The standard InChI is InChI=1S/C24H26N6O4/c1-33-20-11-17(3-4-18(20)16-12-27-28-13-16)30-10-7-24(23(30)32)5-8-29(9-6-24)22(31)19-14-26-21(34-2)15-25-19/h3-4,11-15H,5-10H2,1-2H3,(H,27,28). The van der Waals surface area contributed by atoms with Crippen molar-refractivity contribution in [3.8, 4) is 22.8 Å². The monoisotopic (exact) mass is 462 g/mol. The number of piperidine rings is 1. The zero-order valence-corrected chi connectivity index (χ0v) is 19.2. The van der Waals surface area contributed by atoms with Crippen molar-refractivity contribution in [1.29, 1.82) is 0 Å². The Morgan fingerprint density at radius 3 is 2.47 bits per heavy atom. The second-order valence-electron chi connectivity index (χ2n) is 8.59. The highest BCUT2D eigenvalue weighted by Gasteiger charge is 2.49. The van der Waals surface area contributed by atoms with Crippen molar-refractivity contribution in [2.24, 2.45) is 5.41 Å². The molecule has 5 rings (SSSR count). The number of likely N-dealkylation sites (tertiary alicyclic amines) is 1. The molecule has 0 aliphatic carbocycles. The second-order valence-corrected chi connectivity index (χ2v) is 8.59. The number of carbonyl (C=O) groups excluding carboxylic acids is 2. The van der Waals surface area contributed by atoms with Crippen molar-refractivity contribution in [2.45, 2.75) is 19.3 Å². The average Bonchev–Trinajstić information content (AvgIpc) is 3.53. The molecule has 1 N–H and O–H groups in total. The third-order valence-electron chi connectivity index (χ3n) is 6.88. The van der Waals surface area contributed by atoms with Crippen molar-refractivity contribution < 1.29 is 19.1 Å². The maximum absolute atomic E-state index is 13.5. The summed E-state index contributed by atoms with van der Waals surface area (Å²) in [5, 5.41) is 6.81. The molecule has 2 fully saturated rings. The highest BCUT2D eigenvalue weighted by atomic mass is 16.5. The van der Waals surface area contributed by atoms with Crippen LogP contribution < -0.4 is 14.4 Å². The summed E-state index contributed by atoms with van der Waals surface area (Å²) in [6, 6.07) is 5.80. The number of ether oxygens (including phenoxy) is 2. The summed E-state index contributed by atoms with van der Waals surface area (Å²) in [5.74, 6) is 0.989. The summed E-state index contributed by atoms with van der Waals surface area (Å²) in [5.41, 5.74) is 2.48. The number of hydrogen-bond donors (Lipinski definition) is 1. The number of amides is 2. The minimum Gasteiger partial charge on any atom is -0.496 e. The van der Waals surface area contributed by atoms with Crippen molar-refractivity contribution in [3.63, 3.8) is 0 Å². The number of nitrogens with zero attached hydrogens (tertiary/aromatic N) is 5. The topological polar surface area (TPSA) is 114 Å². The van der Waals surface area contributed by atoms with Gasteiger partial charge in [-0.05, 0) is 31.4 Å². The van der Waals surface area contributed by atoms with Crippen LogP contribution in [0.25, 0.3) is 11.1 Å². The lowest BCUT2D eigenvalue weighted by Gasteiger charge is -2.37. The number of H-pyrrole nitrogens is 1. The molecule has 2 aliphatic heterocycles. The first-order chi connectivity index (χ1) is 16.5. The molecule has 0 radical (unpaired) electrons. The van der Waals surface area contributed by atoms with E-state index in [0.29, 0.717) is 44.1 Å². The number of nitrogens with one attached hydrogen (secondary N) is 1. The van der Waals surface area contributed by atoms with Gasteiger partial charge in [0, 0.05) is 48.7 Å². The molecule has 10 heteroatoms. The van der Waals surface area contributed by atoms with Crippen LogP contribution in [-0.4, -0.2) is 70.7 Å². The molecule has 1 spiro atoms. The number of benzene rings is 1. The van der Waals surface area contributed by atoms with Gasteiger partial charge in [-0.3, -0.25) is 14.7 Å². The molecule has 2 aromatic heterocycles. The number of aromatic amines is 1. The zero-order valence-electron chi connectivity index (χ0n) is 19.2. The minimum atomic E-state index is -0.446. The Balaban J connectivity index is 1.28. The van der Waals surface area contributed by atoms with Gasteiger partial charge in [-0.15, -0.1) is 0 Å². The fourth-order valence-electron chi connectivity index (χ4n) is 4.85. The van der Waals surface area contributed by atoms with Gasteiger partial charge in [0.2, 0.25) is 11.8 Å². The Bertz CT molecular complexity index is 1190. The Hall–Kier alpha value is -3.95. The first-order valence-corrected chi connectivity index (χ1v) is 11.2. The summed E-state index contributed by atoms with van der Waals surface area (Å²) < 4.78 is 10.6. The van der Waals surface area contributed by atoms with Gasteiger partial charge >= 0.3 is 0 Å². The number of methoxy groups -OCH3 is 2. The molecule has 2 saturated heterocycles. The van der Waals surface area contributed by atoms with Crippen LogP contribution in [0.4, 0.5) is 5.69 Å². The van der Waals surface area contributed by atoms with E-state index in [1.165, 1.54) is 19.5 Å². The molecule has 0 bridgehead atoms. The average molecular weight is 463 g/mol. The van der Waals surface area contributed by atoms with E-state index >= 15 is 0 Å². The van der Waals surface area contributed by atoms with E-state index in [1.807, 2.05) is 23.1 Å². The van der Waals surface area contributed by atoms with E-state index in [9.17, 15) is 9.59 Å². The maximum Gasteiger partial charge on any atom is 0.274 e. The van der Waals surface area contributed by atoms with Gasteiger partial charge in [-0.1, -0.05) is 0 Å². The Kier molecular flexibility index (Phi) is 5.64. The molecular formula is C24H26N6O4. The highest BCUT2D eigenvalue weighted by molar-refractivity contribution is 6.01. The van der Waals surface area contributed by atoms with Gasteiger partial charge in [0.1, 0.15) is 11.4 Å². The smallest absolute Gasteiger partial charge is 0.274 e. The minimum absolute atomic E-state index is 0.113. The van der Waals surface area contributed by atoms with Crippen LogP contribution in [0.5, 0.6) is 11.6 Å². The molecule has 2 amide bonds. The number of hydrogen-bond acceptors (Lipinski definition) is 7. The Morgan fingerprint density at radius 1 is 1.03 bits per heavy atom. The van der Waals surface area contributed by atoms with Crippen LogP contribution >= 0.6 is 0 Å². The van der Waals surface area contributed by atoms with Crippen molar-refractivity contribution in [3.05, 3.63) is 48.7 Å². The fraction of sp³-hybridized carbons (Fsp3) is 0.375. The van der Waals surface area contributed by atoms with E-state index in [0.717, 1.165) is 23.2 Å². The van der Waals surface area contributed by atoms with Gasteiger partial charge in [0.15, 0.2) is 0 Å². The van der Waals surface area contributed by atoms with Gasteiger partial charge < -0.3 is 19.3 Å². The Morgan fingerprint density at radius 2 is 1.82 bits per heavy atom. The first-order valence-electron chi connectivity index (χ1n) is 11.2. The molecule has 10 nitrogen and oxygen atoms in total. The lowest BCUT2D eigenvalue weighted by atomic mass is 9.77. The van der Waals surface area contributed by atoms with Crippen LogP contribution in [-0.2, 0) is 4.79 Å². The highest BCUT2D eigenvalue weighted by Crippen LogP contribution is 2.44. The van der Waals surface area contributed by atoms with Crippen molar-refractivity contribution >= 4 is 17.5 Å². The van der Waals surface area contributed by atoms with Crippen LogP contribution in [0.2, 0.25) is 0 Å². The lowest BCUT2D eigenvalue weighted by molar-refractivity contribution is -0.127. The maximum atomic E-state index is 13.5. The normalized spacial score (nSPS) is 17.3. The molecule has 2 aliphatic rings. The largest absolute Gasteiger partial charge is 0.496 e. The molecule has 4 heterocycles. The third-order valence-corrected chi connectivity index (χ3v) is 6.88. The second kappa shape index (κ2) is 8.77. The van der Waals surface area contributed by atoms with Crippen LogP contribution in [0.3, 0.4) is 0 Å². The molecular weight excluding hydrogens is 436 g/mol. The molecule has 176 valence electrons. The van der Waals surface area contributed by atoms with Crippen LogP contribution in [0.1, 0.15) is 29.8 Å². The molecule has 3 aromatic rings. The summed E-state index contributed by atoms with van der Waals surface area (Å²) in [6.45, 7) is 1.66. The summed E-state index contributed by atoms with van der Waals surface area (Å²) in [4.78, 5) is 38.2. The van der Waals surface area contributed by atoms with Gasteiger partial charge in [-0.25, -0.2) is 9.97 Å². The van der Waals surface area contributed by atoms with E-state index in [2.05, 4.69) is 20.2 Å². The number of anilines is 1. The lowest BCUT2D eigenvalue weighted by Crippen LogP contribution is -2.46. The summed E-state index contributed by atoms with van der Waals surface area (Å²) in [6.07, 6.45) is 8.42. The zero-order chi connectivity index (χ0) is 23.7. The predicted octanol–water partition coefficient (Wildman–Crippen LogP) is 2.54. The van der Waals surface area contributed by atoms with Crippen molar-refractivity contribution in [1.82, 2.24) is 25.1 Å². The molecule has 0 unspecified atom stereocenters. The van der Waals surface area contributed by atoms with E-state index in [4.69, 9.17) is 9.47 Å². The third kappa shape index (κ3) is 3.74. The summed E-state index contributed by atoms with van der Waals surface area (Å²) in [7, 11) is 3.12. The Labute approximate surface area is 196 Å². The number of aromatic nitrogens is 4. The van der Waals surface area contributed by atoms with Gasteiger partial charge in [0.25, 0.3) is 5.91 Å². The van der Waals surface area contributed by atoms with E-state index < -0.39 is 5.41 Å². The molecule has 0 atom stereocenters. The van der Waals surface area contributed by atoms with E-state index in [-0.39, 0.29) is 17.5 Å². The molecule has 0 saturated carbocycles.